The average molecular weight is 393 g/mol. The molecule has 3 heterocycles. The molecule has 0 bridgehead atoms. The van der Waals surface area contributed by atoms with E-state index in [4.69, 9.17) is 9.47 Å². The first-order valence-corrected chi connectivity index (χ1v) is 10.7. The number of nitrogens with zero attached hydrogens (tertiary/aromatic N) is 3. The average Bonchev–Trinajstić information content (AvgIpc) is 3.08. The number of likely N-dealkylation sites (tertiary alicyclic amines) is 1. The molecule has 2 fully saturated rings. The molecule has 0 atom stereocenters. The second kappa shape index (κ2) is 9.85. The summed E-state index contributed by atoms with van der Waals surface area (Å²) in [6.07, 6.45) is 6.63. The highest BCUT2D eigenvalue weighted by Crippen LogP contribution is 2.28. The van der Waals surface area contributed by atoms with Crippen molar-refractivity contribution in [3.8, 4) is 0 Å². The second-order valence-corrected chi connectivity index (χ2v) is 8.27. The van der Waals surface area contributed by atoms with Gasteiger partial charge < -0.3 is 14.8 Å². The van der Waals surface area contributed by atoms with E-state index in [2.05, 4.69) is 35.4 Å². The summed E-state index contributed by atoms with van der Waals surface area (Å²) in [5.41, 5.74) is 2.27. The minimum absolute atomic E-state index is 0.0914. The van der Waals surface area contributed by atoms with Crippen LogP contribution in [0, 0.1) is 12.8 Å². The summed E-state index contributed by atoms with van der Waals surface area (Å²) in [4.78, 5) is 15.3. The molecule has 1 amide bonds. The number of nitrogens with one attached hydrogen (secondary N) is 1. The Morgan fingerprint density at radius 1 is 1.36 bits per heavy atom. The molecule has 3 rings (SSSR count). The van der Waals surface area contributed by atoms with Crippen LogP contribution in [0.15, 0.2) is 6.20 Å². The van der Waals surface area contributed by atoms with Crippen LogP contribution in [0.4, 0.5) is 0 Å². The smallest absolute Gasteiger partial charge is 0.223 e. The van der Waals surface area contributed by atoms with Crippen LogP contribution in [0.5, 0.6) is 0 Å². The fraction of sp³-hybridized carbons (Fsp3) is 0.810. The van der Waals surface area contributed by atoms with Gasteiger partial charge >= 0.3 is 0 Å². The van der Waals surface area contributed by atoms with Gasteiger partial charge in [-0.25, -0.2) is 0 Å². The van der Waals surface area contributed by atoms with E-state index in [0.29, 0.717) is 19.8 Å². The maximum absolute atomic E-state index is 12.9. The lowest BCUT2D eigenvalue weighted by atomic mass is 9.83. The van der Waals surface area contributed by atoms with Crippen LogP contribution in [-0.2, 0) is 27.4 Å². The number of ether oxygens (including phenoxy) is 2. The van der Waals surface area contributed by atoms with E-state index in [1.807, 2.05) is 4.68 Å². The topological polar surface area (TPSA) is 68.6 Å². The molecule has 0 aliphatic carbocycles. The number of carbonyl (C=O) groups is 1. The van der Waals surface area contributed by atoms with Crippen LogP contribution >= 0.6 is 0 Å². The fourth-order valence-corrected chi connectivity index (χ4v) is 4.31. The standard InChI is InChI=1S/C21H36N4O3/c1-4-25-16-19(17(2)23-25)15-24-10-7-21(8-11-24,9-14-27-3)22-20(26)18-5-12-28-13-6-18/h16,18H,4-15H2,1-3H3,(H,22,26). The number of aryl methyl sites for hydroxylation is 2. The molecule has 2 saturated heterocycles. The molecule has 1 aromatic rings. The molecule has 0 unspecified atom stereocenters. The van der Waals surface area contributed by atoms with Crippen LogP contribution in [0.3, 0.4) is 0 Å². The number of hydrogen-bond donors (Lipinski definition) is 1. The molecule has 0 saturated carbocycles. The largest absolute Gasteiger partial charge is 0.385 e. The third-order valence-electron chi connectivity index (χ3n) is 6.34. The third kappa shape index (κ3) is 5.33. The minimum Gasteiger partial charge on any atom is -0.385 e. The van der Waals surface area contributed by atoms with E-state index in [9.17, 15) is 4.79 Å². The van der Waals surface area contributed by atoms with E-state index >= 15 is 0 Å². The molecule has 2 aliphatic rings. The van der Waals surface area contributed by atoms with Gasteiger partial charge in [-0.3, -0.25) is 14.4 Å². The van der Waals surface area contributed by atoms with Crippen molar-refractivity contribution in [2.45, 2.75) is 64.6 Å². The van der Waals surface area contributed by atoms with E-state index in [0.717, 1.165) is 64.0 Å². The van der Waals surface area contributed by atoms with Gasteiger partial charge in [-0.2, -0.15) is 5.10 Å². The monoisotopic (exact) mass is 392 g/mol. The van der Waals surface area contributed by atoms with E-state index in [1.165, 1.54) is 5.56 Å². The van der Waals surface area contributed by atoms with Gasteiger partial charge in [0, 0.05) is 76.3 Å². The van der Waals surface area contributed by atoms with Gasteiger partial charge in [0.25, 0.3) is 0 Å². The quantitative estimate of drug-likeness (QED) is 0.734. The highest BCUT2D eigenvalue weighted by molar-refractivity contribution is 5.79. The number of hydrogen-bond acceptors (Lipinski definition) is 5. The van der Waals surface area contributed by atoms with Crippen molar-refractivity contribution in [1.29, 1.82) is 0 Å². The zero-order valence-corrected chi connectivity index (χ0v) is 17.7. The van der Waals surface area contributed by atoms with Gasteiger partial charge in [0.15, 0.2) is 0 Å². The summed E-state index contributed by atoms with van der Waals surface area (Å²) in [7, 11) is 1.73. The fourth-order valence-electron chi connectivity index (χ4n) is 4.31. The highest BCUT2D eigenvalue weighted by Gasteiger charge is 2.37. The van der Waals surface area contributed by atoms with Crippen LogP contribution < -0.4 is 5.32 Å². The van der Waals surface area contributed by atoms with Crippen molar-refractivity contribution in [3.63, 3.8) is 0 Å². The van der Waals surface area contributed by atoms with Crippen molar-refractivity contribution in [1.82, 2.24) is 20.0 Å². The Morgan fingerprint density at radius 3 is 2.68 bits per heavy atom. The van der Waals surface area contributed by atoms with Crippen LogP contribution in [-0.4, -0.2) is 66.1 Å². The first-order chi connectivity index (χ1) is 13.5. The Morgan fingerprint density at radius 2 is 2.07 bits per heavy atom. The summed E-state index contributed by atoms with van der Waals surface area (Å²) >= 11 is 0. The Hall–Kier alpha value is -1.44. The molecule has 1 N–H and O–H groups in total. The summed E-state index contributed by atoms with van der Waals surface area (Å²) in [6.45, 7) is 10.1. The Bertz CT molecular complexity index is 632. The molecular formula is C21H36N4O3. The Balaban J connectivity index is 1.58. The van der Waals surface area contributed by atoms with Crippen molar-refractivity contribution < 1.29 is 14.3 Å². The van der Waals surface area contributed by atoms with Gasteiger partial charge in [0.05, 0.1) is 5.69 Å². The maximum Gasteiger partial charge on any atom is 0.223 e. The molecule has 158 valence electrons. The Labute approximate surface area is 168 Å². The van der Waals surface area contributed by atoms with E-state index < -0.39 is 0 Å². The molecule has 1 aromatic heterocycles. The highest BCUT2D eigenvalue weighted by atomic mass is 16.5. The molecule has 2 aliphatic heterocycles. The third-order valence-corrected chi connectivity index (χ3v) is 6.34. The first kappa shape index (κ1) is 21.3. The van der Waals surface area contributed by atoms with E-state index in [-0.39, 0.29) is 17.4 Å². The summed E-state index contributed by atoms with van der Waals surface area (Å²) in [5, 5.41) is 7.99. The van der Waals surface area contributed by atoms with Crippen molar-refractivity contribution in [3.05, 3.63) is 17.5 Å². The van der Waals surface area contributed by atoms with Crippen LogP contribution in [0.1, 0.15) is 50.3 Å². The van der Waals surface area contributed by atoms with Crippen molar-refractivity contribution in [2.24, 2.45) is 5.92 Å². The normalized spacial score (nSPS) is 21.0. The molecule has 28 heavy (non-hydrogen) atoms. The van der Waals surface area contributed by atoms with Gasteiger partial charge in [-0.05, 0) is 46.0 Å². The molecular weight excluding hydrogens is 356 g/mol. The van der Waals surface area contributed by atoms with Gasteiger partial charge in [-0.15, -0.1) is 0 Å². The van der Waals surface area contributed by atoms with Crippen molar-refractivity contribution in [2.75, 3.05) is 40.0 Å². The minimum atomic E-state index is -0.148. The van der Waals surface area contributed by atoms with Crippen LogP contribution in [0.2, 0.25) is 0 Å². The number of aromatic nitrogens is 2. The maximum atomic E-state index is 12.9. The second-order valence-electron chi connectivity index (χ2n) is 8.27. The molecule has 7 nitrogen and oxygen atoms in total. The summed E-state index contributed by atoms with van der Waals surface area (Å²) < 4.78 is 12.8. The molecule has 0 radical (unpaired) electrons. The zero-order valence-electron chi connectivity index (χ0n) is 17.7. The van der Waals surface area contributed by atoms with Gasteiger partial charge in [0.2, 0.25) is 5.91 Å². The number of methoxy groups -OCH3 is 1. The van der Waals surface area contributed by atoms with Gasteiger partial charge in [-0.1, -0.05) is 0 Å². The Kier molecular flexibility index (Phi) is 7.48. The number of amides is 1. The molecule has 0 spiro atoms. The van der Waals surface area contributed by atoms with E-state index in [1.54, 1.807) is 7.11 Å². The number of piperidine rings is 1. The van der Waals surface area contributed by atoms with Crippen molar-refractivity contribution >= 4 is 5.91 Å². The van der Waals surface area contributed by atoms with Crippen LogP contribution in [0.25, 0.3) is 0 Å². The molecule has 7 heteroatoms. The number of carbonyl (C=O) groups excluding carboxylic acids is 1. The van der Waals surface area contributed by atoms with Gasteiger partial charge in [0.1, 0.15) is 0 Å². The predicted octanol–water partition coefficient (Wildman–Crippen LogP) is 2.13. The summed E-state index contributed by atoms with van der Waals surface area (Å²) in [5.74, 6) is 0.293. The lowest BCUT2D eigenvalue weighted by Crippen LogP contribution is -2.57. The molecule has 0 aromatic carbocycles. The predicted molar refractivity (Wildman–Crippen MR) is 108 cm³/mol. The first-order valence-electron chi connectivity index (χ1n) is 10.7. The zero-order chi connectivity index (χ0) is 20.0. The lowest BCUT2D eigenvalue weighted by Gasteiger charge is -2.43. The summed E-state index contributed by atoms with van der Waals surface area (Å²) in [6, 6.07) is 0. The SMILES string of the molecule is CCn1cc(CN2CCC(CCOC)(NC(=O)C3CCOCC3)CC2)c(C)n1. The number of rotatable bonds is 8. The lowest BCUT2D eigenvalue weighted by molar-refractivity contribution is -0.130.